The van der Waals surface area contributed by atoms with Crippen LogP contribution in [0.3, 0.4) is 0 Å². The lowest BCUT2D eigenvalue weighted by molar-refractivity contribution is 0.0770. The van der Waals surface area contributed by atoms with Gasteiger partial charge in [0.15, 0.2) is 0 Å². The minimum Gasteiger partial charge on any atom is -0.472 e. The van der Waals surface area contributed by atoms with E-state index in [-0.39, 0.29) is 28.7 Å². The van der Waals surface area contributed by atoms with E-state index >= 15 is 0 Å². The molecule has 1 saturated heterocycles. The van der Waals surface area contributed by atoms with Gasteiger partial charge in [-0.3, -0.25) is 14.5 Å². The number of nitrogens with zero attached hydrogens (tertiary/aromatic N) is 7. The van der Waals surface area contributed by atoms with Gasteiger partial charge in [-0.2, -0.15) is 10.1 Å². The molecule has 0 saturated carbocycles. The van der Waals surface area contributed by atoms with E-state index in [1.54, 1.807) is 30.4 Å². The average Bonchev–Trinajstić information content (AvgIpc) is 3.75. The molecule has 0 spiro atoms. The highest BCUT2D eigenvalue weighted by molar-refractivity contribution is 7.92. The Morgan fingerprint density at radius 1 is 1.02 bits per heavy atom. The summed E-state index contributed by atoms with van der Waals surface area (Å²) in [6, 6.07) is 13.2. The van der Waals surface area contributed by atoms with Crippen LogP contribution in [0, 0.1) is 13.8 Å². The molecular weight excluding hydrogens is 568 g/mol. The summed E-state index contributed by atoms with van der Waals surface area (Å²) >= 11 is 0. The Hall–Kier alpha value is -5.04. The van der Waals surface area contributed by atoms with Crippen LogP contribution in [0.2, 0.25) is 0 Å². The highest BCUT2D eigenvalue weighted by Crippen LogP contribution is 2.30. The van der Waals surface area contributed by atoms with E-state index in [1.807, 2.05) is 67.2 Å². The number of benzene rings is 1. The number of amides is 1. The van der Waals surface area contributed by atoms with Crippen molar-refractivity contribution in [3.63, 3.8) is 0 Å². The first-order valence-electron chi connectivity index (χ1n) is 13.7. The molecule has 1 aliphatic heterocycles. The smallest absolute Gasteiger partial charge is 0.267 e. The molecule has 0 bridgehead atoms. The molecule has 4 aromatic heterocycles. The van der Waals surface area contributed by atoms with Crippen molar-refractivity contribution in [2.45, 2.75) is 31.3 Å². The van der Waals surface area contributed by atoms with Gasteiger partial charge < -0.3 is 14.2 Å². The molecule has 0 radical (unpaired) electrons. The van der Waals surface area contributed by atoms with Gasteiger partial charge in [-0.25, -0.2) is 18.1 Å². The minimum atomic E-state index is -4.00. The summed E-state index contributed by atoms with van der Waals surface area (Å²) in [4.78, 5) is 28.3. The summed E-state index contributed by atoms with van der Waals surface area (Å²) in [5.74, 6) is -0.0682. The number of anilines is 1. The molecule has 5 aromatic rings. The molecule has 12 nitrogen and oxygen atoms in total. The molecule has 1 unspecified atom stereocenters. The van der Waals surface area contributed by atoms with Crippen molar-refractivity contribution in [2.24, 2.45) is 7.05 Å². The Balaban J connectivity index is 1.25. The number of ether oxygens (including phenoxy) is 1. The number of rotatable bonds is 8. The van der Waals surface area contributed by atoms with Crippen LogP contribution in [0.5, 0.6) is 5.88 Å². The van der Waals surface area contributed by atoms with Gasteiger partial charge in [-0.1, -0.05) is 18.2 Å². The second-order valence-electron chi connectivity index (χ2n) is 10.4. The van der Waals surface area contributed by atoms with E-state index in [9.17, 15) is 13.2 Å². The zero-order valence-electron chi connectivity index (χ0n) is 23.9. The number of nitrogens with one attached hydrogen (secondary N) is 1. The molecule has 6 rings (SSSR count). The summed E-state index contributed by atoms with van der Waals surface area (Å²) < 4.78 is 38.2. The molecular formula is C30H30N8O4S. The Kier molecular flexibility index (Phi) is 7.40. The summed E-state index contributed by atoms with van der Waals surface area (Å²) in [6.45, 7) is 4.76. The van der Waals surface area contributed by atoms with Crippen LogP contribution in [0.15, 0.2) is 84.5 Å². The molecule has 1 atom stereocenters. The van der Waals surface area contributed by atoms with Crippen molar-refractivity contribution in [2.75, 3.05) is 17.8 Å². The fourth-order valence-electron chi connectivity index (χ4n) is 5.15. The maximum atomic E-state index is 13.3. The van der Waals surface area contributed by atoms with Gasteiger partial charge in [-0.05, 0) is 43.2 Å². The van der Waals surface area contributed by atoms with Crippen LogP contribution in [0.1, 0.15) is 27.9 Å². The van der Waals surface area contributed by atoms with E-state index < -0.39 is 10.0 Å². The van der Waals surface area contributed by atoms with E-state index in [1.165, 1.54) is 17.1 Å². The predicted octanol–water partition coefficient (Wildman–Crippen LogP) is 3.77. The zero-order chi connectivity index (χ0) is 30.1. The number of aryl methyl sites for hydroxylation is 3. The molecule has 1 fully saturated rings. The first-order chi connectivity index (χ1) is 20.7. The van der Waals surface area contributed by atoms with Gasteiger partial charge >= 0.3 is 0 Å². The number of hydrogen-bond donors (Lipinski definition) is 1. The van der Waals surface area contributed by atoms with Gasteiger partial charge in [-0.15, -0.1) is 0 Å². The third kappa shape index (κ3) is 5.97. The molecule has 1 aromatic carbocycles. The van der Waals surface area contributed by atoms with Crippen LogP contribution in [0.4, 0.5) is 5.95 Å². The summed E-state index contributed by atoms with van der Waals surface area (Å²) in [7, 11) is -2.37. The monoisotopic (exact) mass is 598 g/mol. The Morgan fingerprint density at radius 3 is 2.51 bits per heavy atom. The van der Waals surface area contributed by atoms with Crippen LogP contribution in [-0.4, -0.2) is 67.7 Å². The Morgan fingerprint density at radius 2 is 1.79 bits per heavy atom. The molecule has 43 heavy (non-hydrogen) atoms. The first-order valence-corrected chi connectivity index (χ1v) is 15.2. The van der Waals surface area contributed by atoms with E-state index in [0.717, 1.165) is 22.4 Å². The third-order valence-electron chi connectivity index (χ3n) is 7.25. The van der Waals surface area contributed by atoms with Gasteiger partial charge in [0.25, 0.3) is 15.9 Å². The quantitative estimate of drug-likeness (QED) is 0.285. The fourth-order valence-corrected chi connectivity index (χ4v) is 6.08. The average molecular weight is 599 g/mol. The standard InChI is InChI=1S/C30H30N8O4S/c1-20-7-6-8-21(2)28(20)26-14-27(34-30(33-26)35-43(40,41)25-17-32-36(3)19-25)42-24-9-12-38(18-24)29(39)22-13-23(16-31-15-22)37-10-4-5-11-37/h4-8,10-11,13-17,19,24H,9,12,18H2,1-3H3,(H,33,34,35). The van der Waals surface area contributed by atoms with Crippen LogP contribution < -0.4 is 9.46 Å². The number of pyridine rings is 1. The second kappa shape index (κ2) is 11.3. The van der Waals surface area contributed by atoms with Crippen molar-refractivity contribution in [1.29, 1.82) is 0 Å². The fraction of sp³-hybridized carbons (Fsp3) is 0.233. The maximum absolute atomic E-state index is 13.3. The maximum Gasteiger partial charge on any atom is 0.267 e. The molecule has 1 amide bonds. The van der Waals surface area contributed by atoms with E-state index in [2.05, 4.69) is 24.8 Å². The zero-order valence-corrected chi connectivity index (χ0v) is 24.7. The van der Waals surface area contributed by atoms with Gasteiger partial charge in [0.2, 0.25) is 11.8 Å². The van der Waals surface area contributed by atoms with Crippen molar-refractivity contribution in [3.05, 3.63) is 96.3 Å². The highest BCUT2D eigenvalue weighted by Gasteiger charge is 2.30. The lowest BCUT2D eigenvalue weighted by Gasteiger charge is -2.18. The van der Waals surface area contributed by atoms with Crippen LogP contribution in [0.25, 0.3) is 16.9 Å². The van der Waals surface area contributed by atoms with Crippen LogP contribution in [-0.2, 0) is 17.1 Å². The molecule has 5 heterocycles. The SMILES string of the molecule is Cc1cccc(C)c1-c1cc(OC2CCN(C(=O)c3cncc(-n4cccc4)c3)C2)nc(NS(=O)(=O)c2cnn(C)c2)n1. The number of likely N-dealkylation sites (tertiary alicyclic amines) is 1. The van der Waals surface area contributed by atoms with Crippen molar-refractivity contribution in [3.8, 4) is 22.8 Å². The number of carbonyl (C=O) groups is 1. The lowest BCUT2D eigenvalue weighted by Crippen LogP contribution is -2.31. The summed E-state index contributed by atoms with van der Waals surface area (Å²) in [5.41, 5.74) is 4.60. The van der Waals surface area contributed by atoms with Crippen molar-refractivity contribution in [1.82, 2.24) is 34.2 Å². The van der Waals surface area contributed by atoms with Gasteiger partial charge in [0, 0.05) is 56.4 Å². The topological polar surface area (TPSA) is 137 Å². The Bertz CT molecular complexity index is 1880. The number of sulfonamides is 1. The van der Waals surface area contributed by atoms with Crippen molar-refractivity contribution < 1.29 is 17.9 Å². The molecule has 220 valence electrons. The molecule has 0 aliphatic carbocycles. The number of carbonyl (C=O) groups excluding carboxylic acids is 1. The summed E-state index contributed by atoms with van der Waals surface area (Å²) in [6.07, 6.45) is 9.92. The predicted molar refractivity (Wildman–Crippen MR) is 159 cm³/mol. The first kappa shape index (κ1) is 28.1. The number of aromatic nitrogens is 6. The molecule has 13 heteroatoms. The van der Waals surface area contributed by atoms with Gasteiger partial charge in [0.1, 0.15) is 11.0 Å². The van der Waals surface area contributed by atoms with Crippen LogP contribution >= 0.6 is 0 Å². The summed E-state index contributed by atoms with van der Waals surface area (Å²) in [5, 5.41) is 3.95. The normalized spacial score (nSPS) is 15.0. The lowest BCUT2D eigenvalue weighted by atomic mass is 10.00. The third-order valence-corrected chi connectivity index (χ3v) is 8.53. The molecule has 1 N–H and O–H groups in total. The largest absolute Gasteiger partial charge is 0.472 e. The Labute approximate surface area is 249 Å². The minimum absolute atomic E-state index is 0.0150. The highest BCUT2D eigenvalue weighted by atomic mass is 32.2. The number of hydrogen-bond acceptors (Lipinski definition) is 8. The van der Waals surface area contributed by atoms with Gasteiger partial charge in [0.05, 0.1) is 35.9 Å². The molecule has 1 aliphatic rings. The second-order valence-corrected chi connectivity index (χ2v) is 12.1. The van der Waals surface area contributed by atoms with E-state index in [0.29, 0.717) is 30.8 Å². The van der Waals surface area contributed by atoms with E-state index in [4.69, 9.17) is 4.74 Å². The van der Waals surface area contributed by atoms with Crippen molar-refractivity contribution >= 4 is 21.9 Å².